The average molecular weight is 384 g/mol. The molecule has 3 rings (SSSR count). The fraction of sp³-hybridized carbons (Fsp3) is 0.238. The Balaban J connectivity index is 1.65. The van der Waals surface area contributed by atoms with Crippen molar-refractivity contribution in [3.8, 4) is 0 Å². The fourth-order valence-corrected chi connectivity index (χ4v) is 2.80. The topological polar surface area (TPSA) is 113 Å². The van der Waals surface area contributed by atoms with Gasteiger partial charge < -0.3 is 24.8 Å². The number of aliphatic hydroxyl groups excluding tert-OH is 2. The van der Waals surface area contributed by atoms with Gasteiger partial charge in [-0.05, 0) is 36.4 Å². The first kappa shape index (κ1) is 19.8. The van der Waals surface area contributed by atoms with E-state index in [9.17, 15) is 24.9 Å². The van der Waals surface area contributed by atoms with E-state index in [1.165, 1.54) is 6.08 Å². The summed E-state index contributed by atoms with van der Waals surface area (Å²) in [5, 5.41) is 31.1. The predicted molar refractivity (Wildman–Crippen MR) is 98.5 cm³/mol. The van der Waals surface area contributed by atoms with Crippen LogP contribution in [0.4, 0.5) is 0 Å². The molecule has 1 aliphatic rings. The average Bonchev–Trinajstić information content (AvgIpc) is 2.74. The standard InChI is InChI=1S/C21H20O7/c22-17-16(28-20(25)15-9-5-2-6-10-15)11-12-21(26,18(17)23)13-27-19(24)14-7-3-1-4-8-14/h1-12,16-18,22-23,26H,13H2/t16-,17-,18+,21+/m1/s1. The zero-order valence-corrected chi connectivity index (χ0v) is 14.8. The van der Waals surface area contributed by atoms with E-state index in [4.69, 9.17) is 9.47 Å². The first-order valence-corrected chi connectivity index (χ1v) is 8.67. The zero-order chi connectivity index (χ0) is 20.1. The van der Waals surface area contributed by atoms with Crippen molar-refractivity contribution in [1.82, 2.24) is 0 Å². The van der Waals surface area contributed by atoms with Crippen LogP contribution in [0.25, 0.3) is 0 Å². The summed E-state index contributed by atoms with van der Waals surface area (Å²) < 4.78 is 10.2. The maximum Gasteiger partial charge on any atom is 0.338 e. The van der Waals surface area contributed by atoms with Crippen LogP contribution in [-0.2, 0) is 9.47 Å². The van der Waals surface area contributed by atoms with Gasteiger partial charge in [-0.25, -0.2) is 9.59 Å². The third-order valence-electron chi connectivity index (χ3n) is 4.44. The van der Waals surface area contributed by atoms with Gasteiger partial charge in [-0.3, -0.25) is 0 Å². The Morgan fingerprint density at radius 2 is 1.43 bits per heavy atom. The summed E-state index contributed by atoms with van der Waals surface area (Å²) in [4.78, 5) is 24.1. The highest BCUT2D eigenvalue weighted by atomic mass is 16.6. The summed E-state index contributed by atoms with van der Waals surface area (Å²) in [5.74, 6) is -1.36. The Morgan fingerprint density at radius 3 is 2.00 bits per heavy atom. The third-order valence-corrected chi connectivity index (χ3v) is 4.44. The molecule has 7 nitrogen and oxygen atoms in total. The molecule has 3 N–H and O–H groups in total. The Hall–Kier alpha value is -3.00. The second-order valence-electron chi connectivity index (χ2n) is 6.46. The molecular formula is C21H20O7. The molecule has 0 saturated carbocycles. The van der Waals surface area contributed by atoms with Crippen LogP contribution < -0.4 is 0 Å². The molecule has 0 radical (unpaired) electrons. The van der Waals surface area contributed by atoms with Crippen LogP contribution in [-0.4, -0.2) is 57.8 Å². The minimum Gasteiger partial charge on any atom is -0.459 e. The molecule has 0 amide bonds. The van der Waals surface area contributed by atoms with Crippen molar-refractivity contribution >= 4 is 11.9 Å². The van der Waals surface area contributed by atoms with Gasteiger partial charge in [0.1, 0.15) is 30.5 Å². The Bertz CT molecular complexity index is 850. The van der Waals surface area contributed by atoms with E-state index in [-0.39, 0.29) is 11.1 Å². The van der Waals surface area contributed by atoms with E-state index in [1.807, 2.05) is 0 Å². The number of aliphatic hydroxyl groups is 3. The number of rotatable bonds is 5. The Morgan fingerprint density at radius 1 is 0.893 bits per heavy atom. The van der Waals surface area contributed by atoms with E-state index >= 15 is 0 Å². The van der Waals surface area contributed by atoms with Gasteiger partial charge in [0.15, 0.2) is 0 Å². The van der Waals surface area contributed by atoms with E-state index < -0.39 is 42.5 Å². The highest BCUT2D eigenvalue weighted by molar-refractivity contribution is 5.90. The molecule has 1 aliphatic carbocycles. The van der Waals surface area contributed by atoms with Crippen LogP contribution in [0.1, 0.15) is 20.7 Å². The number of ether oxygens (including phenoxy) is 2. The zero-order valence-electron chi connectivity index (χ0n) is 14.8. The van der Waals surface area contributed by atoms with Crippen molar-refractivity contribution in [3.63, 3.8) is 0 Å². The monoisotopic (exact) mass is 384 g/mol. The first-order valence-electron chi connectivity index (χ1n) is 8.67. The van der Waals surface area contributed by atoms with Crippen LogP contribution in [0.5, 0.6) is 0 Å². The first-order chi connectivity index (χ1) is 13.4. The normalized spacial score (nSPS) is 26.5. The molecule has 0 heterocycles. The molecule has 0 spiro atoms. The minimum atomic E-state index is -2.01. The molecule has 7 heteroatoms. The molecular weight excluding hydrogens is 364 g/mol. The predicted octanol–water partition coefficient (Wildman–Crippen LogP) is 1.09. The summed E-state index contributed by atoms with van der Waals surface area (Å²) in [7, 11) is 0. The molecule has 146 valence electrons. The van der Waals surface area contributed by atoms with Crippen molar-refractivity contribution in [3.05, 3.63) is 83.9 Å². The van der Waals surface area contributed by atoms with E-state index in [0.29, 0.717) is 0 Å². The van der Waals surface area contributed by atoms with Crippen LogP contribution in [0, 0.1) is 0 Å². The van der Waals surface area contributed by atoms with Crippen LogP contribution >= 0.6 is 0 Å². The molecule has 28 heavy (non-hydrogen) atoms. The number of carbonyl (C=O) groups excluding carboxylic acids is 2. The lowest BCUT2D eigenvalue weighted by Crippen LogP contribution is -2.57. The lowest BCUT2D eigenvalue weighted by atomic mass is 9.85. The van der Waals surface area contributed by atoms with Gasteiger partial charge >= 0.3 is 11.9 Å². The maximum absolute atomic E-state index is 12.1. The summed E-state index contributed by atoms with van der Waals surface area (Å²) >= 11 is 0. The van der Waals surface area contributed by atoms with Crippen molar-refractivity contribution in [2.45, 2.75) is 23.9 Å². The van der Waals surface area contributed by atoms with Crippen LogP contribution in [0.15, 0.2) is 72.8 Å². The van der Waals surface area contributed by atoms with Gasteiger partial charge in [-0.1, -0.05) is 36.4 Å². The lowest BCUT2D eigenvalue weighted by molar-refractivity contribution is -0.150. The fourth-order valence-electron chi connectivity index (χ4n) is 2.80. The van der Waals surface area contributed by atoms with Gasteiger partial charge in [0.25, 0.3) is 0 Å². The van der Waals surface area contributed by atoms with E-state index in [2.05, 4.69) is 0 Å². The van der Waals surface area contributed by atoms with Crippen LogP contribution in [0.3, 0.4) is 0 Å². The molecule has 0 fully saturated rings. The Labute approximate surface area is 161 Å². The second kappa shape index (κ2) is 8.35. The summed E-state index contributed by atoms with van der Waals surface area (Å²) in [6.07, 6.45) is -2.07. The third kappa shape index (κ3) is 4.28. The summed E-state index contributed by atoms with van der Waals surface area (Å²) in [5.41, 5.74) is -1.44. The molecule has 0 bridgehead atoms. The number of benzene rings is 2. The molecule has 2 aromatic carbocycles. The summed E-state index contributed by atoms with van der Waals surface area (Å²) in [6.45, 7) is -0.575. The largest absolute Gasteiger partial charge is 0.459 e. The van der Waals surface area contributed by atoms with Gasteiger partial charge in [0, 0.05) is 0 Å². The van der Waals surface area contributed by atoms with Gasteiger partial charge in [-0.2, -0.15) is 0 Å². The van der Waals surface area contributed by atoms with E-state index in [1.54, 1.807) is 60.7 Å². The van der Waals surface area contributed by atoms with Crippen molar-refractivity contribution in [2.24, 2.45) is 0 Å². The quantitative estimate of drug-likeness (QED) is 0.522. The number of hydrogen-bond acceptors (Lipinski definition) is 7. The molecule has 4 atom stereocenters. The molecule has 2 aromatic rings. The maximum atomic E-state index is 12.1. The van der Waals surface area contributed by atoms with Crippen molar-refractivity contribution < 1.29 is 34.4 Å². The minimum absolute atomic E-state index is 0.287. The SMILES string of the molecule is O=C(OC[C@@]1(O)C=C[C@@H](OC(=O)c2ccccc2)[C@@H](O)[C@@H]1O)c1ccccc1. The summed E-state index contributed by atoms with van der Waals surface area (Å²) in [6, 6.07) is 16.3. The highest BCUT2D eigenvalue weighted by Crippen LogP contribution is 2.26. The number of hydrogen-bond donors (Lipinski definition) is 3. The lowest BCUT2D eigenvalue weighted by Gasteiger charge is -2.38. The molecule has 0 aromatic heterocycles. The Kier molecular flexibility index (Phi) is 5.89. The molecule has 0 unspecified atom stereocenters. The molecule has 0 aliphatic heterocycles. The smallest absolute Gasteiger partial charge is 0.338 e. The highest BCUT2D eigenvalue weighted by Gasteiger charge is 2.46. The van der Waals surface area contributed by atoms with E-state index in [0.717, 1.165) is 6.08 Å². The number of carbonyl (C=O) groups is 2. The molecule has 0 saturated heterocycles. The number of esters is 2. The van der Waals surface area contributed by atoms with Crippen molar-refractivity contribution in [1.29, 1.82) is 0 Å². The van der Waals surface area contributed by atoms with Crippen molar-refractivity contribution in [2.75, 3.05) is 6.61 Å². The van der Waals surface area contributed by atoms with Gasteiger partial charge in [-0.15, -0.1) is 0 Å². The van der Waals surface area contributed by atoms with Crippen LogP contribution in [0.2, 0.25) is 0 Å². The van der Waals surface area contributed by atoms with Gasteiger partial charge in [0.2, 0.25) is 0 Å². The second-order valence-corrected chi connectivity index (χ2v) is 6.46. The van der Waals surface area contributed by atoms with Gasteiger partial charge in [0.05, 0.1) is 11.1 Å².